The van der Waals surface area contributed by atoms with Gasteiger partial charge >= 0.3 is 6.03 Å². The summed E-state index contributed by atoms with van der Waals surface area (Å²) in [5, 5.41) is 2.89. The number of hydrogen-bond acceptors (Lipinski definition) is 5. The normalized spacial score (nSPS) is 22.1. The van der Waals surface area contributed by atoms with E-state index in [2.05, 4.69) is 5.32 Å². The van der Waals surface area contributed by atoms with Gasteiger partial charge in [-0.3, -0.25) is 14.5 Å². The summed E-state index contributed by atoms with van der Waals surface area (Å²) in [6.45, 7) is 0.893. The van der Waals surface area contributed by atoms with Gasteiger partial charge in [0.15, 0.2) is 11.5 Å². The first-order chi connectivity index (χ1) is 16.0. The number of amides is 4. The highest BCUT2D eigenvalue weighted by Crippen LogP contribution is 2.35. The van der Waals surface area contributed by atoms with Crippen LogP contribution in [-0.2, 0) is 16.0 Å². The van der Waals surface area contributed by atoms with Crippen molar-refractivity contribution in [1.29, 1.82) is 0 Å². The summed E-state index contributed by atoms with van der Waals surface area (Å²) in [7, 11) is 3.25. The Morgan fingerprint density at radius 2 is 1.85 bits per heavy atom. The van der Waals surface area contributed by atoms with Crippen molar-refractivity contribution in [1.82, 2.24) is 15.1 Å². The standard InChI is InChI=1S/C25H35N3O5/c1-32-20-11-9-18(17-21(20)33-2)8-10-19-7-3-6-15-27(19)22(29)12-16-28-23(30)25(26-24(28)31)13-4-5-14-25/h9,11,17,19H,3-8,10,12-16H2,1-2H3,(H,26,31). The van der Waals surface area contributed by atoms with Crippen LogP contribution < -0.4 is 14.8 Å². The van der Waals surface area contributed by atoms with Gasteiger partial charge in [-0.1, -0.05) is 18.9 Å². The van der Waals surface area contributed by atoms with Gasteiger partial charge in [-0.05, 0) is 62.6 Å². The van der Waals surface area contributed by atoms with Gasteiger partial charge in [0.05, 0.1) is 14.2 Å². The van der Waals surface area contributed by atoms with E-state index in [4.69, 9.17) is 9.47 Å². The number of hydrogen-bond donors (Lipinski definition) is 1. The van der Waals surface area contributed by atoms with Crippen LogP contribution in [0.5, 0.6) is 11.5 Å². The molecule has 2 heterocycles. The zero-order valence-corrected chi connectivity index (χ0v) is 19.7. The Labute approximate surface area is 195 Å². The molecule has 1 unspecified atom stereocenters. The maximum atomic E-state index is 13.1. The third-order valence-electron chi connectivity index (χ3n) is 7.41. The Morgan fingerprint density at radius 3 is 2.58 bits per heavy atom. The third-order valence-corrected chi connectivity index (χ3v) is 7.41. The summed E-state index contributed by atoms with van der Waals surface area (Å²) >= 11 is 0. The fourth-order valence-corrected chi connectivity index (χ4v) is 5.55. The molecule has 1 aromatic rings. The molecule has 2 aliphatic heterocycles. The largest absolute Gasteiger partial charge is 0.493 e. The van der Waals surface area contributed by atoms with Gasteiger partial charge in [0.1, 0.15) is 5.54 Å². The van der Waals surface area contributed by atoms with Crippen molar-refractivity contribution in [2.75, 3.05) is 27.3 Å². The van der Waals surface area contributed by atoms with Crippen LogP contribution in [-0.4, -0.2) is 66.5 Å². The lowest BCUT2D eigenvalue weighted by Gasteiger charge is -2.36. The molecule has 0 aromatic heterocycles. The number of nitrogens with one attached hydrogen (secondary N) is 1. The Kier molecular flexibility index (Phi) is 7.10. The van der Waals surface area contributed by atoms with Gasteiger partial charge in [-0.15, -0.1) is 0 Å². The predicted octanol–water partition coefficient (Wildman–Crippen LogP) is 3.27. The van der Waals surface area contributed by atoms with E-state index in [0.29, 0.717) is 24.3 Å². The molecule has 1 aromatic carbocycles. The van der Waals surface area contributed by atoms with Crippen molar-refractivity contribution in [3.05, 3.63) is 23.8 Å². The summed E-state index contributed by atoms with van der Waals surface area (Å²) in [6, 6.07) is 5.76. The molecule has 3 fully saturated rings. The molecule has 2 saturated heterocycles. The average molecular weight is 458 g/mol. The van der Waals surface area contributed by atoms with E-state index in [1.54, 1.807) is 14.2 Å². The van der Waals surface area contributed by atoms with Crippen LogP contribution in [0.3, 0.4) is 0 Å². The van der Waals surface area contributed by atoms with Gasteiger partial charge < -0.3 is 19.7 Å². The molecule has 4 rings (SSSR count). The molecule has 1 saturated carbocycles. The summed E-state index contributed by atoms with van der Waals surface area (Å²) in [5.41, 5.74) is 0.430. The molecule has 4 amide bonds. The van der Waals surface area contributed by atoms with Gasteiger partial charge in [-0.2, -0.15) is 0 Å². The van der Waals surface area contributed by atoms with Crippen molar-refractivity contribution in [3.8, 4) is 11.5 Å². The average Bonchev–Trinajstić information content (AvgIpc) is 3.40. The molecule has 0 bridgehead atoms. The summed E-state index contributed by atoms with van der Waals surface area (Å²) in [6.07, 6.45) is 8.27. The number of benzene rings is 1. The van der Waals surface area contributed by atoms with Crippen molar-refractivity contribution < 1.29 is 23.9 Å². The minimum absolute atomic E-state index is 0.0278. The maximum Gasteiger partial charge on any atom is 0.325 e. The number of imide groups is 1. The van der Waals surface area contributed by atoms with E-state index >= 15 is 0 Å². The van der Waals surface area contributed by atoms with E-state index in [0.717, 1.165) is 57.1 Å². The van der Waals surface area contributed by atoms with Crippen LogP contribution in [0.4, 0.5) is 4.79 Å². The second-order valence-electron chi connectivity index (χ2n) is 9.39. The zero-order valence-electron chi connectivity index (χ0n) is 19.7. The van der Waals surface area contributed by atoms with Gasteiger partial charge in [0.2, 0.25) is 5.91 Å². The number of ether oxygens (including phenoxy) is 2. The van der Waals surface area contributed by atoms with Crippen LogP contribution >= 0.6 is 0 Å². The van der Waals surface area contributed by atoms with Crippen LogP contribution in [0, 0.1) is 0 Å². The zero-order chi connectivity index (χ0) is 23.4. The lowest BCUT2D eigenvalue weighted by Crippen LogP contribution is -2.46. The topological polar surface area (TPSA) is 88.2 Å². The van der Waals surface area contributed by atoms with Crippen molar-refractivity contribution in [3.63, 3.8) is 0 Å². The quantitative estimate of drug-likeness (QED) is 0.606. The number of urea groups is 1. The van der Waals surface area contributed by atoms with Gasteiger partial charge in [0, 0.05) is 25.6 Å². The number of methoxy groups -OCH3 is 2. The molecule has 3 aliphatic rings. The number of rotatable bonds is 8. The number of aryl methyl sites for hydroxylation is 1. The first-order valence-electron chi connectivity index (χ1n) is 12.1. The van der Waals surface area contributed by atoms with Crippen LogP contribution in [0.1, 0.15) is 63.4 Å². The molecule has 33 heavy (non-hydrogen) atoms. The second kappa shape index (κ2) is 10.0. The molecule has 1 spiro atoms. The first kappa shape index (κ1) is 23.4. The second-order valence-corrected chi connectivity index (χ2v) is 9.39. The van der Waals surface area contributed by atoms with Gasteiger partial charge in [-0.25, -0.2) is 4.79 Å². The molecule has 1 atom stereocenters. The molecular formula is C25H35N3O5. The highest BCUT2D eigenvalue weighted by molar-refractivity contribution is 6.07. The predicted molar refractivity (Wildman–Crippen MR) is 123 cm³/mol. The first-order valence-corrected chi connectivity index (χ1v) is 12.1. The van der Waals surface area contributed by atoms with Crippen molar-refractivity contribution in [2.24, 2.45) is 0 Å². The van der Waals surface area contributed by atoms with Crippen molar-refractivity contribution >= 4 is 17.8 Å². The molecular weight excluding hydrogens is 422 g/mol. The molecule has 1 aliphatic carbocycles. The Bertz CT molecular complexity index is 896. The fraction of sp³-hybridized carbons (Fsp3) is 0.640. The van der Waals surface area contributed by atoms with Crippen LogP contribution in [0.25, 0.3) is 0 Å². The number of nitrogens with zero attached hydrogens (tertiary/aromatic N) is 2. The molecule has 180 valence electrons. The molecule has 1 N–H and O–H groups in total. The van der Waals surface area contributed by atoms with Crippen LogP contribution in [0.2, 0.25) is 0 Å². The minimum Gasteiger partial charge on any atom is -0.493 e. The highest BCUT2D eigenvalue weighted by atomic mass is 16.5. The SMILES string of the molecule is COc1ccc(CCC2CCCCN2C(=O)CCN2C(=O)NC3(CCCC3)C2=O)cc1OC. The van der Waals surface area contributed by atoms with E-state index in [1.165, 1.54) is 4.90 Å². The summed E-state index contributed by atoms with van der Waals surface area (Å²) < 4.78 is 10.7. The smallest absolute Gasteiger partial charge is 0.325 e. The molecule has 8 nitrogen and oxygen atoms in total. The molecule has 8 heteroatoms. The van der Waals surface area contributed by atoms with Crippen LogP contribution in [0.15, 0.2) is 18.2 Å². The minimum atomic E-state index is -0.715. The molecule has 0 radical (unpaired) electrons. The Hall–Kier alpha value is -2.77. The summed E-state index contributed by atoms with van der Waals surface area (Å²) in [4.78, 5) is 41.6. The Morgan fingerprint density at radius 1 is 1.09 bits per heavy atom. The number of likely N-dealkylation sites (tertiary alicyclic amines) is 1. The lowest BCUT2D eigenvalue weighted by atomic mass is 9.95. The number of carbonyl (C=O) groups is 3. The number of carbonyl (C=O) groups excluding carboxylic acids is 3. The summed E-state index contributed by atoms with van der Waals surface area (Å²) in [5.74, 6) is 1.29. The number of piperidine rings is 1. The maximum absolute atomic E-state index is 13.1. The lowest BCUT2D eigenvalue weighted by molar-refractivity contribution is -0.136. The van der Waals surface area contributed by atoms with Crippen molar-refractivity contribution in [2.45, 2.75) is 75.8 Å². The van der Waals surface area contributed by atoms with E-state index in [-0.39, 0.29) is 36.9 Å². The van der Waals surface area contributed by atoms with E-state index < -0.39 is 5.54 Å². The van der Waals surface area contributed by atoms with Gasteiger partial charge in [0.25, 0.3) is 5.91 Å². The highest BCUT2D eigenvalue weighted by Gasteiger charge is 2.52. The fourth-order valence-electron chi connectivity index (χ4n) is 5.55. The van der Waals surface area contributed by atoms with E-state index in [9.17, 15) is 14.4 Å². The van der Waals surface area contributed by atoms with E-state index in [1.807, 2.05) is 23.1 Å². The third kappa shape index (κ3) is 4.80. The monoisotopic (exact) mass is 457 g/mol. The Balaban J connectivity index is 1.34.